The van der Waals surface area contributed by atoms with Gasteiger partial charge < -0.3 is 15.4 Å². The van der Waals surface area contributed by atoms with Gasteiger partial charge in [0.25, 0.3) is 5.91 Å². The van der Waals surface area contributed by atoms with Gasteiger partial charge in [0.1, 0.15) is 5.75 Å². The molecule has 0 spiro atoms. The SMILES string of the molecule is O=C(COc1ccccc1)NCC(=O)Nc1ccccc1. The number of para-hydroxylation sites is 2. The smallest absolute Gasteiger partial charge is 0.258 e. The third kappa shape index (κ3) is 5.36. The molecule has 108 valence electrons. The number of hydrogen-bond donors (Lipinski definition) is 2. The molecule has 2 N–H and O–H groups in total. The van der Waals surface area contributed by atoms with Crippen LogP contribution in [0, 0.1) is 0 Å². The molecule has 0 saturated heterocycles. The van der Waals surface area contributed by atoms with Crippen molar-refractivity contribution in [2.75, 3.05) is 18.5 Å². The molecule has 0 atom stereocenters. The number of benzene rings is 2. The van der Waals surface area contributed by atoms with E-state index < -0.39 is 0 Å². The maximum absolute atomic E-state index is 11.6. The highest BCUT2D eigenvalue weighted by atomic mass is 16.5. The van der Waals surface area contributed by atoms with Gasteiger partial charge in [-0.2, -0.15) is 0 Å². The molecule has 0 aliphatic heterocycles. The van der Waals surface area contributed by atoms with E-state index >= 15 is 0 Å². The van der Waals surface area contributed by atoms with Gasteiger partial charge >= 0.3 is 0 Å². The molecule has 0 aliphatic carbocycles. The maximum Gasteiger partial charge on any atom is 0.258 e. The first kappa shape index (κ1) is 14.6. The lowest BCUT2D eigenvalue weighted by Gasteiger charge is -2.08. The summed E-state index contributed by atoms with van der Waals surface area (Å²) in [7, 11) is 0. The molecule has 5 heteroatoms. The minimum absolute atomic E-state index is 0.0914. The van der Waals surface area contributed by atoms with E-state index in [2.05, 4.69) is 10.6 Å². The fraction of sp³-hybridized carbons (Fsp3) is 0.125. The summed E-state index contributed by atoms with van der Waals surface area (Å²) in [6, 6.07) is 18.1. The second-order valence-electron chi connectivity index (χ2n) is 4.29. The maximum atomic E-state index is 11.6. The van der Waals surface area contributed by atoms with E-state index in [1.165, 1.54) is 0 Å². The van der Waals surface area contributed by atoms with Crippen molar-refractivity contribution in [1.82, 2.24) is 5.32 Å². The summed E-state index contributed by atoms with van der Waals surface area (Å²) < 4.78 is 5.27. The molecule has 21 heavy (non-hydrogen) atoms. The molecule has 2 aromatic carbocycles. The summed E-state index contributed by atoms with van der Waals surface area (Å²) in [5.41, 5.74) is 0.692. The van der Waals surface area contributed by atoms with E-state index in [0.29, 0.717) is 11.4 Å². The van der Waals surface area contributed by atoms with Gasteiger partial charge in [-0.3, -0.25) is 9.59 Å². The second-order valence-corrected chi connectivity index (χ2v) is 4.29. The summed E-state index contributed by atoms with van der Waals surface area (Å²) in [5.74, 6) is -0.0160. The van der Waals surface area contributed by atoms with Crippen molar-refractivity contribution < 1.29 is 14.3 Å². The normalized spacial score (nSPS) is 9.71. The highest BCUT2D eigenvalue weighted by Gasteiger charge is 2.06. The van der Waals surface area contributed by atoms with Crippen molar-refractivity contribution in [2.24, 2.45) is 0 Å². The number of amides is 2. The molecule has 0 aliphatic rings. The molecule has 2 aromatic rings. The molecular weight excluding hydrogens is 268 g/mol. The Morgan fingerprint density at radius 3 is 2.14 bits per heavy atom. The van der Waals surface area contributed by atoms with Crippen LogP contribution in [0.25, 0.3) is 0 Å². The zero-order valence-electron chi connectivity index (χ0n) is 11.4. The Bertz CT molecular complexity index is 585. The van der Waals surface area contributed by atoms with Crippen molar-refractivity contribution in [3.05, 3.63) is 60.7 Å². The summed E-state index contributed by atoms with van der Waals surface area (Å²) >= 11 is 0. The Morgan fingerprint density at radius 1 is 0.857 bits per heavy atom. The Morgan fingerprint density at radius 2 is 1.48 bits per heavy atom. The molecule has 2 rings (SSSR count). The van der Waals surface area contributed by atoms with Crippen molar-refractivity contribution in [3.63, 3.8) is 0 Å². The van der Waals surface area contributed by atoms with Crippen LogP contribution in [0.4, 0.5) is 5.69 Å². The van der Waals surface area contributed by atoms with E-state index in [-0.39, 0.29) is 25.0 Å². The Labute approximate surface area is 122 Å². The zero-order valence-corrected chi connectivity index (χ0v) is 11.4. The largest absolute Gasteiger partial charge is 0.484 e. The lowest BCUT2D eigenvalue weighted by molar-refractivity contribution is -0.125. The number of carbonyl (C=O) groups excluding carboxylic acids is 2. The van der Waals surface area contributed by atoms with Crippen molar-refractivity contribution in [1.29, 1.82) is 0 Å². The average Bonchev–Trinajstić information content (AvgIpc) is 2.53. The highest BCUT2D eigenvalue weighted by Crippen LogP contribution is 2.07. The fourth-order valence-corrected chi connectivity index (χ4v) is 1.62. The number of ether oxygens (including phenoxy) is 1. The van der Waals surface area contributed by atoms with Gasteiger partial charge in [0, 0.05) is 5.69 Å². The van der Waals surface area contributed by atoms with Crippen LogP contribution in [0.5, 0.6) is 5.75 Å². The van der Waals surface area contributed by atoms with Gasteiger partial charge in [-0.1, -0.05) is 36.4 Å². The van der Waals surface area contributed by atoms with E-state index in [0.717, 1.165) is 0 Å². The van der Waals surface area contributed by atoms with Crippen LogP contribution in [-0.2, 0) is 9.59 Å². The van der Waals surface area contributed by atoms with Gasteiger partial charge in [-0.15, -0.1) is 0 Å². The predicted octanol–water partition coefficient (Wildman–Crippen LogP) is 1.82. The first-order chi connectivity index (χ1) is 10.2. The van der Waals surface area contributed by atoms with Gasteiger partial charge in [-0.05, 0) is 24.3 Å². The predicted molar refractivity (Wildman–Crippen MR) is 80.0 cm³/mol. The Hall–Kier alpha value is -2.82. The lowest BCUT2D eigenvalue weighted by Crippen LogP contribution is -2.35. The molecular formula is C16H16N2O3. The fourth-order valence-electron chi connectivity index (χ4n) is 1.62. The molecule has 0 bridgehead atoms. The number of nitrogens with one attached hydrogen (secondary N) is 2. The van der Waals surface area contributed by atoms with Crippen LogP contribution < -0.4 is 15.4 Å². The van der Waals surface area contributed by atoms with E-state index in [9.17, 15) is 9.59 Å². The minimum atomic E-state index is -0.345. The van der Waals surface area contributed by atoms with Gasteiger partial charge in [0.05, 0.1) is 6.54 Å². The number of hydrogen-bond acceptors (Lipinski definition) is 3. The first-order valence-corrected chi connectivity index (χ1v) is 6.53. The van der Waals surface area contributed by atoms with Gasteiger partial charge in [0.2, 0.25) is 5.91 Å². The standard InChI is InChI=1S/C16H16N2O3/c19-15(18-13-7-3-1-4-8-13)11-17-16(20)12-21-14-9-5-2-6-10-14/h1-10H,11-12H2,(H,17,20)(H,18,19). The monoisotopic (exact) mass is 284 g/mol. The molecule has 0 fully saturated rings. The molecule has 0 heterocycles. The number of anilines is 1. The summed E-state index contributed by atoms with van der Waals surface area (Å²) in [6.07, 6.45) is 0. The van der Waals surface area contributed by atoms with Crippen LogP contribution in [0.2, 0.25) is 0 Å². The molecule has 0 radical (unpaired) electrons. The van der Waals surface area contributed by atoms with Crippen molar-refractivity contribution >= 4 is 17.5 Å². The quantitative estimate of drug-likeness (QED) is 0.850. The van der Waals surface area contributed by atoms with E-state index in [1.807, 2.05) is 36.4 Å². The van der Waals surface area contributed by atoms with Crippen LogP contribution in [0.15, 0.2) is 60.7 Å². The van der Waals surface area contributed by atoms with Crippen molar-refractivity contribution in [2.45, 2.75) is 0 Å². The van der Waals surface area contributed by atoms with Crippen molar-refractivity contribution in [3.8, 4) is 5.75 Å². The Kier molecular flexibility index (Phi) is 5.34. The first-order valence-electron chi connectivity index (χ1n) is 6.53. The van der Waals surface area contributed by atoms with Gasteiger partial charge in [0.15, 0.2) is 6.61 Å². The summed E-state index contributed by atoms with van der Waals surface area (Å²) in [6.45, 7) is -0.214. The Balaban J connectivity index is 1.68. The molecule has 2 amide bonds. The summed E-state index contributed by atoms with van der Waals surface area (Å²) in [4.78, 5) is 23.2. The van der Waals surface area contributed by atoms with Crippen LogP contribution >= 0.6 is 0 Å². The summed E-state index contributed by atoms with van der Waals surface area (Å²) in [5, 5.41) is 5.17. The molecule has 0 saturated carbocycles. The van der Waals surface area contributed by atoms with E-state index in [1.54, 1.807) is 24.3 Å². The van der Waals surface area contributed by atoms with Crippen LogP contribution in [0.1, 0.15) is 0 Å². The van der Waals surface area contributed by atoms with E-state index in [4.69, 9.17) is 4.74 Å². The third-order valence-electron chi connectivity index (χ3n) is 2.62. The molecule has 0 aromatic heterocycles. The molecule has 5 nitrogen and oxygen atoms in total. The van der Waals surface area contributed by atoms with Gasteiger partial charge in [-0.25, -0.2) is 0 Å². The highest BCUT2D eigenvalue weighted by molar-refractivity contribution is 5.94. The average molecular weight is 284 g/mol. The zero-order chi connectivity index (χ0) is 14.9. The molecule has 0 unspecified atom stereocenters. The van der Waals surface area contributed by atoms with Crippen LogP contribution in [-0.4, -0.2) is 25.0 Å². The minimum Gasteiger partial charge on any atom is -0.484 e. The third-order valence-corrected chi connectivity index (χ3v) is 2.62. The second kappa shape index (κ2) is 7.69. The lowest BCUT2D eigenvalue weighted by atomic mass is 10.3. The topological polar surface area (TPSA) is 67.4 Å². The van der Waals surface area contributed by atoms with Crippen LogP contribution in [0.3, 0.4) is 0 Å². The number of rotatable bonds is 6. The number of carbonyl (C=O) groups is 2.